The van der Waals surface area contributed by atoms with Crippen molar-refractivity contribution in [3.63, 3.8) is 0 Å². The minimum Gasteiger partial charge on any atom is -0.309 e. The van der Waals surface area contributed by atoms with Gasteiger partial charge in [0, 0.05) is 53.1 Å². The lowest BCUT2D eigenvalue weighted by atomic mass is 10.0. The maximum atomic E-state index is 2.46. The molecule has 0 saturated carbocycles. The molecule has 0 N–H and O–H groups in total. The normalized spacial score (nSPS) is 11.9. The molecule has 0 bridgehead atoms. The molecular formula is C48H30N2S. The molecular weight excluding hydrogens is 637 g/mol. The summed E-state index contributed by atoms with van der Waals surface area (Å²) < 4.78 is 7.57. The lowest BCUT2D eigenvalue weighted by Gasteiger charge is -2.11. The van der Waals surface area contributed by atoms with Gasteiger partial charge in [-0.15, -0.1) is 11.3 Å². The summed E-state index contributed by atoms with van der Waals surface area (Å²) in [7, 11) is 0. The van der Waals surface area contributed by atoms with E-state index >= 15 is 0 Å². The summed E-state index contributed by atoms with van der Waals surface area (Å²) in [6, 6.07) is 66.6. The summed E-state index contributed by atoms with van der Waals surface area (Å²) in [5, 5.41) is 7.70. The molecule has 3 heteroatoms. The van der Waals surface area contributed by atoms with E-state index in [1.54, 1.807) is 0 Å². The van der Waals surface area contributed by atoms with Gasteiger partial charge in [-0.2, -0.15) is 0 Å². The topological polar surface area (TPSA) is 9.86 Å². The predicted octanol–water partition coefficient (Wildman–Crippen LogP) is 13.6. The van der Waals surface area contributed by atoms with E-state index in [9.17, 15) is 0 Å². The number of aromatic nitrogens is 2. The third-order valence-corrected chi connectivity index (χ3v) is 11.7. The summed E-state index contributed by atoms with van der Waals surface area (Å²) in [5.41, 5.74) is 12.1. The third kappa shape index (κ3) is 4.29. The average Bonchev–Trinajstić information content (AvgIpc) is 3.86. The Bertz CT molecular complexity index is 3100. The molecule has 0 spiro atoms. The third-order valence-electron chi connectivity index (χ3n) is 10.5. The monoisotopic (exact) mass is 666 g/mol. The molecule has 2 nitrogen and oxygen atoms in total. The van der Waals surface area contributed by atoms with Crippen LogP contribution in [0, 0.1) is 0 Å². The zero-order valence-corrected chi connectivity index (χ0v) is 28.4. The number of nitrogens with zero attached hydrogens (tertiary/aromatic N) is 2. The van der Waals surface area contributed by atoms with Gasteiger partial charge in [0.25, 0.3) is 0 Å². The summed E-state index contributed by atoms with van der Waals surface area (Å²) in [5.74, 6) is 0. The Morgan fingerprint density at radius 3 is 1.63 bits per heavy atom. The van der Waals surface area contributed by atoms with E-state index in [0.29, 0.717) is 0 Å². The Kier molecular flexibility index (Phi) is 6.16. The fourth-order valence-electron chi connectivity index (χ4n) is 8.20. The van der Waals surface area contributed by atoms with Gasteiger partial charge in [0.1, 0.15) is 0 Å². The van der Waals surface area contributed by atoms with Crippen molar-refractivity contribution in [3.05, 3.63) is 182 Å². The number of hydrogen-bond acceptors (Lipinski definition) is 1. The smallest absolute Gasteiger partial charge is 0.0641 e. The average molecular weight is 667 g/mol. The Morgan fingerprint density at radius 1 is 0.314 bits per heavy atom. The van der Waals surface area contributed by atoms with Gasteiger partial charge in [-0.05, 0) is 82.9 Å². The molecule has 8 aromatic carbocycles. The second-order valence-electron chi connectivity index (χ2n) is 13.3. The number of benzene rings is 8. The molecule has 0 aliphatic rings. The highest BCUT2D eigenvalue weighted by molar-refractivity contribution is 7.25. The van der Waals surface area contributed by atoms with Crippen LogP contribution in [-0.2, 0) is 0 Å². The molecule has 11 rings (SSSR count). The molecule has 0 radical (unpaired) electrons. The molecule has 0 unspecified atom stereocenters. The summed E-state index contributed by atoms with van der Waals surface area (Å²) in [6.07, 6.45) is 0. The van der Waals surface area contributed by atoms with Crippen LogP contribution >= 0.6 is 11.3 Å². The minimum absolute atomic E-state index is 1.15. The highest BCUT2D eigenvalue weighted by Gasteiger charge is 2.21. The molecule has 0 saturated heterocycles. The van der Waals surface area contributed by atoms with Crippen molar-refractivity contribution in [2.24, 2.45) is 0 Å². The molecule has 3 aromatic heterocycles. The van der Waals surface area contributed by atoms with Gasteiger partial charge in [-0.1, -0.05) is 121 Å². The van der Waals surface area contributed by atoms with Crippen LogP contribution in [0.2, 0.25) is 0 Å². The standard InChI is InChI=1S/C48H30N2S/c1-2-10-31(11-3-1)32-18-25-36(26-19-32)50-42-15-7-4-12-37(42)39-27-28-44-47(48(39)50)40-14-5-8-16-43(40)49(44)35-23-20-33(21-24-35)34-22-29-46-41(30-34)38-13-6-9-17-45(38)51-46/h1-30H. The summed E-state index contributed by atoms with van der Waals surface area (Å²) in [6.45, 7) is 0. The molecule has 0 atom stereocenters. The van der Waals surface area contributed by atoms with Crippen molar-refractivity contribution in [1.82, 2.24) is 9.13 Å². The molecule has 11 aromatic rings. The lowest BCUT2D eigenvalue weighted by Crippen LogP contribution is -1.95. The van der Waals surface area contributed by atoms with Crippen molar-refractivity contribution >= 4 is 75.1 Å². The number of thiophene rings is 1. The Balaban J connectivity index is 1.11. The van der Waals surface area contributed by atoms with Gasteiger partial charge in [-0.25, -0.2) is 0 Å². The van der Waals surface area contributed by atoms with Crippen LogP contribution in [0.1, 0.15) is 0 Å². The minimum atomic E-state index is 1.15. The van der Waals surface area contributed by atoms with E-state index in [0.717, 1.165) is 11.4 Å². The van der Waals surface area contributed by atoms with Gasteiger partial charge in [-0.3, -0.25) is 0 Å². The van der Waals surface area contributed by atoms with Crippen LogP contribution in [0.15, 0.2) is 182 Å². The van der Waals surface area contributed by atoms with Crippen LogP contribution in [0.5, 0.6) is 0 Å². The van der Waals surface area contributed by atoms with Crippen LogP contribution < -0.4 is 0 Å². The van der Waals surface area contributed by atoms with Gasteiger partial charge in [0.05, 0.1) is 22.1 Å². The number of fused-ring (bicyclic) bond motifs is 10. The zero-order valence-electron chi connectivity index (χ0n) is 27.6. The maximum Gasteiger partial charge on any atom is 0.0641 e. The van der Waals surface area contributed by atoms with Crippen LogP contribution in [0.25, 0.3) is 97.4 Å². The van der Waals surface area contributed by atoms with E-state index < -0.39 is 0 Å². The Morgan fingerprint density at radius 2 is 0.863 bits per heavy atom. The number of hydrogen-bond donors (Lipinski definition) is 0. The SMILES string of the molecule is c1ccc(-c2ccc(-n3c4ccccc4c4ccc5c(c6ccccc6n5-c5ccc(-c6ccc7sc8ccccc8c7c6)cc5)c43)cc2)cc1. The van der Waals surface area contributed by atoms with Gasteiger partial charge in [0.15, 0.2) is 0 Å². The van der Waals surface area contributed by atoms with Gasteiger partial charge in [0.2, 0.25) is 0 Å². The van der Waals surface area contributed by atoms with Crippen LogP contribution in [0.4, 0.5) is 0 Å². The number of para-hydroxylation sites is 2. The van der Waals surface area contributed by atoms with Crippen molar-refractivity contribution < 1.29 is 0 Å². The van der Waals surface area contributed by atoms with Gasteiger partial charge < -0.3 is 9.13 Å². The quantitative estimate of drug-likeness (QED) is 0.177. The molecule has 238 valence electrons. The van der Waals surface area contributed by atoms with E-state index in [-0.39, 0.29) is 0 Å². The van der Waals surface area contributed by atoms with Crippen molar-refractivity contribution in [2.75, 3.05) is 0 Å². The highest BCUT2D eigenvalue weighted by Crippen LogP contribution is 2.42. The Labute approximate surface area is 298 Å². The predicted molar refractivity (Wildman–Crippen MR) is 219 cm³/mol. The summed E-state index contributed by atoms with van der Waals surface area (Å²) in [4.78, 5) is 0. The van der Waals surface area contributed by atoms with Crippen molar-refractivity contribution in [2.45, 2.75) is 0 Å². The van der Waals surface area contributed by atoms with Crippen LogP contribution in [0.3, 0.4) is 0 Å². The first-order valence-corrected chi connectivity index (χ1v) is 18.3. The largest absolute Gasteiger partial charge is 0.309 e. The first-order chi connectivity index (χ1) is 25.3. The van der Waals surface area contributed by atoms with Gasteiger partial charge >= 0.3 is 0 Å². The molecule has 3 heterocycles. The number of rotatable bonds is 4. The molecule has 0 aliphatic heterocycles. The molecule has 0 fully saturated rings. The van der Waals surface area contributed by atoms with E-state index in [1.165, 1.54) is 86.0 Å². The first kappa shape index (κ1) is 28.4. The summed E-state index contributed by atoms with van der Waals surface area (Å²) >= 11 is 1.86. The molecule has 0 aliphatic carbocycles. The fourth-order valence-corrected chi connectivity index (χ4v) is 9.28. The fraction of sp³-hybridized carbons (Fsp3) is 0. The van der Waals surface area contributed by atoms with E-state index in [2.05, 4.69) is 191 Å². The van der Waals surface area contributed by atoms with E-state index in [4.69, 9.17) is 0 Å². The maximum absolute atomic E-state index is 2.46. The van der Waals surface area contributed by atoms with Crippen molar-refractivity contribution in [1.29, 1.82) is 0 Å². The highest BCUT2D eigenvalue weighted by atomic mass is 32.1. The molecule has 0 amide bonds. The molecule has 51 heavy (non-hydrogen) atoms. The van der Waals surface area contributed by atoms with Crippen molar-refractivity contribution in [3.8, 4) is 33.6 Å². The lowest BCUT2D eigenvalue weighted by molar-refractivity contribution is 1.17. The second-order valence-corrected chi connectivity index (χ2v) is 14.4. The Hall–Kier alpha value is -6.42. The second kappa shape index (κ2) is 11.0. The van der Waals surface area contributed by atoms with Crippen LogP contribution in [-0.4, -0.2) is 9.13 Å². The van der Waals surface area contributed by atoms with E-state index in [1.807, 2.05) is 11.3 Å². The first-order valence-electron chi connectivity index (χ1n) is 17.4. The zero-order chi connectivity index (χ0) is 33.5.